The maximum absolute atomic E-state index is 12.2. The summed E-state index contributed by atoms with van der Waals surface area (Å²) in [7, 11) is 1.52. The summed E-state index contributed by atoms with van der Waals surface area (Å²) in [6.07, 6.45) is 4.77. The topological polar surface area (TPSA) is 9.23 Å². The van der Waals surface area contributed by atoms with Crippen molar-refractivity contribution >= 4 is 0 Å². The van der Waals surface area contributed by atoms with Crippen LogP contribution in [-0.2, 0) is 4.74 Å². The molecule has 1 nitrogen and oxygen atoms in total. The summed E-state index contributed by atoms with van der Waals surface area (Å²) in [5.74, 6) is -0.136. The zero-order valence-corrected chi connectivity index (χ0v) is 5.73. The van der Waals surface area contributed by atoms with Crippen LogP contribution in [0.5, 0.6) is 0 Å². The second-order valence-electron chi connectivity index (χ2n) is 1.53. The first-order valence-corrected chi connectivity index (χ1v) is 2.85. The van der Waals surface area contributed by atoms with Crippen LogP contribution in [-0.4, -0.2) is 7.11 Å². The zero-order chi connectivity index (χ0) is 7.11. The quantitative estimate of drug-likeness (QED) is 0.421. The fraction of sp³-hybridized carbons (Fsp3) is 0.429. The Labute approximate surface area is 54.8 Å². The number of methoxy groups -OCH3 is 1. The van der Waals surface area contributed by atoms with Crippen molar-refractivity contribution in [1.29, 1.82) is 0 Å². The van der Waals surface area contributed by atoms with Crippen LogP contribution in [0.1, 0.15) is 13.3 Å². The predicted octanol–water partition coefficient (Wildman–Crippen LogP) is 2.41. The lowest BCUT2D eigenvalue weighted by atomic mass is 10.4. The molecular formula is C7H11FO. The Morgan fingerprint density at radius 2 is 2.33 bits per heavy atom. The third-order valence-corrected chi connectivity index (χ3v) is 0.829. The summed E-state index contributed by atoms with van der Waals surface area (Å²) >= 11 is 0. The van der Waals surface area contributed by atoms with Gasteiger partial charge in [0.05, 0.1) is 19.2 Å². The van der Waals surface area contributed by atoms with Gasteiger partial charge in [-0.3, -0.25) is 0 Å². The van der Waals surface area contributed by atoms with E-state index in [2.05, 4.69) is 4.74 Å². The van der Waals surface area contributed by atoms with Gasteiger partial charge in [0.1, 0.15) is 0 Å². The van der Waals surface area contributed by atoms with Gasteiger partial charge < -0.3 is 4.74 Å². The van der Waals surface area contributed by atoms with Crippen LogP contribution in [0.2, 0.25) is 0 Å². The SMILES string of the molecule is CC/C(F)=C\C=C\OC. The minimum absolute atomic E-state index is 0.136. The maximum atomic E-state index is 12.2. The van der Waals surface area contributed by atoms with E-state index in [9.17, 15) is 4.39 Å². The number of halogens is 1. The van der Waals surface area contributed by atoms with Crippen molar-refractivity contribution in [3.05, 3.63) is 24.2 Å². The van der Waals surface area contributed by atoms with Gasteiger partial charge in [-0.05, 0) is 18.6 Å². The Balaban J connectivity index is 3.55. The van der Waals surface area contributed by atoms with Crippen molar-refractivity contribution in [1.82, 2.24) is 0 Å². The molecule has 0 aromatic carbocycles. The molecule has 0 unspecified atom stereocenters. The third kappa shape index (κ3) is 5.07. The largest absolute Gasteiger partial charge is 0.504 e. The van der Waals surface area contributed by atoms with Gasteiger partial charge in [-0.1, -0.05) is 6.92 Å². The van der Waals surface area contributed by atoms with Crippen LogP contribution < -0.4 is 0 Å². The van der Waals surface area contributed by atoms with Crippen molar-refractivity contribution in [3.63, 3.8) is 0 Å². The summed E-state index contributed by atoms with van der Waals surface area (Å²) in [6, 6.07) is 0. The van der Waals surface area contributed by atoms with E-state index in [0.717, 1.165) is 0 Å². The van der Waals surface area contributed by atoms with Gasteiger partial charge in [0, 0.05) is 0 Å². The Morgan fingerprint density at radius 3 is 2.78 bits per heavy atom. The van der Waals surface area contributed by atoms with E-state index in [1.807, 2.05) is 0 Å². The van der Waals surface area contributed by atoms with E-state index >= 15 is 0 Å². The molecule has 0 amide bonds. The summed E-state index contributed by atoms with van der Waals surface area (Å²) < 4.78 is 16.8. The fourth-order valence-electron chi connectivity index (χ4n) is 0.340. The van der Waals surface area contributed by atoms with Gasteiger partial charge in [0.25, 0.3) is 0 Å². The van der Waals surface area contributed by atoms with Crippen LogP contribution in [0.25, 0.3) is 0 Å². The molecule has 0 aliphatic carbocycles. The number of rotatable bonds is 3. The highest BCUT2D eigenvalue weighted by atomic mass is 19.1. The molecule has 0 aliphatic rings. The minimum Gasteiger partial charge on any atom is -0.504 e. The standard InChI is InChI=1S/C7H11FO/c1-3-7(8)5-4-6-9-2/h4-6H,3H2,1-2H3/b6-4+,7-5+. The molecule has 9 heavy (non-hydrogen) atoms. The maximum Gasteiger partial charge on any atom is 0.0997 e. The number of hydrogen-bond donors (Lipinski definition) is 0. The molecule has 0 fully saturated rings. The number of allylic oxidation sites excluding steroid dienone is 3. The van der Waals surface area contributed by atoms with Crippen molar-refractivity contribution in [3.8, 4) is 0 Å². The van der Waals surface area contributed by atoms with Gasteiger partial charge in [-0.2, -0.15) is 0 Å². The van der Waals surface area contributed by atoms with Gasteiger partial charge in [-0.25, -0.2) is 4.39 Å². The van der Waals surface area contributed by atoms with Gasteiger partial charge in [-0.15, -0.1) is 0 Å². The molecule has 52 valence electrons. The first-order valence-electron chi connectivity index (χ1n) is 2.85. The van der Waals surface area contributed by atoms with E-state index in [0.29, 0.717) is 6.42 Å². The Kier molecular flexibility index (Phi) is 4.88. The Bertz CT molecular complexity index is 116. The molecular weight excluding hydrogens is 119 g/mol. The minimum atomic E-state index is -0.136. The zero-order valence-electron chi connectivity index (χ0n) is 5.73. The van der Waals surface area contributed by atoms with Crippen molar-refractivity contribution in [2.75, 3.05) is 7.11 Å². The van der Waals surface area contributed by atoms with E-state index in [1.165, 1.54) is 25.5 Å². The number of ether oxygens (including phenoxy) is 1. The normalized spacial score (nSPS) is 12.6. The molecule has 0 bridgehead atoms. The Hall–Kier alpha value is -0.790. The van der Waals surface area contributed by atoms with Gasteiger partial charge in [0.2, 0.25) is 0 Å². The smallest absolute Gasteiger partial charge is 0.0997 e. The van der Waals surface area contributed by atoms with Crippen molar-refractivity contribution < 1.29 is 9.13 Å². The Morgan fingerprint density at radius 1 is 1.67 bits per heavy atom. The lowest BCUT2D eigenvalue weighted by molar-refractivity contribution is 0.338. The molecule has 0 atom stereocenters. The van der Waals surface area contributed by atoms with Crippen LogP contribution in [0.3, 0.4) is 0 Å². The highest BCUT2D eigenvalue weighted by Gasteiger charge is 1.82. The monoisotopic (exact) mass is 130 g/mol. The first kappa shape index (κ1) is 8.21. The van der Waals surface area contributed by atoms with E-state index in [4.69, 9.17) is 0 Å². The van der Waals surface area contributed by atoms with Crippen LogP contribution in [0.4, 0.5) is 4.39 Å². The average molecular weight is 130 g/mol. The fourth-order valence-corrected chi connectivity index (χ4v) is 0.340. The van der Waals surface area contributed by atoms with Gasteiger partial charge in [0.15, 0.2) is 0 Å². The summed E-state index contributed by atoms with van der Waals surface area (Å²) in [4.78, 5) is 0. The summed E-state index contributed by atoms with van der Waals surface area (Å²) in [5, 5.41) is 0. The molecule has 0 aromatic heterocycles. The molecule has 0 saturated carbocycles. The predicted molar refractivity (Wildman–Crippen MR) is 35.6 cm³/mol. The molecule has 0 aliphatic heterocycles. The highest BCUT2D eigenvalue weighted by molar-refractivity contribution is 5.04. The molecule has 0 rings (SSSR count). The average Bonchev–Trinajstić information content (AvgIpc) is 1.89. The first-order chi connectivity index (χ1) is 4.31. The molecule has 0 aromatic rings. The second-order valence-corrected chi connectivity index (χ2v) is 1.53. The lowest BCUT2D eigenvalue weighted by Gasteiger charge is -1.84. The van der Waals surface area contributed by atoms with Gasteiger partial charge >= 0.3 is 0 Å². The molecule has 0 saturated heterocycles. The highest BCUT2D eigenvalue weighted by Crippen LogP contribution is 2.00. The van der Waals surface area contributed by atoms with E-state index in [1.54, 1.807) is 6.92 Å². The van der Waals surface area contributed by atoms with Crippen LogP contribution in [0.15, 0.2) is 24.2 Å². The molecule has 2 heteroatoms. The number of hydrogen-bond acceptors (Lipinski definition) is 1. The van der Waals surface area contributed by atoms with Crippen LogP contribution in [0, 0.1) is 0 Å². The van der Waals surface area contributed by atoms with Crippen molar-refractivity contribution in [2.24, 2.45) is 0 Å². The van der Waals surface area contributed by atoms with E-state index < -0.39 is 0 Å². The van der Waals surface area contributed by atoms with Crippen molar-refractivity contribution in [2.45, 2.75) is 13.3 Å². The summed E-state index contributed by atoms with van der Waals surface area (Å²) in [5.41, 5.74) is 0. The lowest BCUT2D eigenvalue weighted by Crippen LogP contribution is -1.66. The molecule has 0 radical (unpaired) electrons. The van der Waals surface area contributed by atoms with Crippen LogP contribution >= 0.6 is 0 Å². The third-order valence-electron chi connectivity index (χ3n) is 0.829. The summed E-state index contributed by atoms with van der Waals surface area (Å²) in [6.45, 7) is 1.76. The molecule has 0 N–H and O–H groups in total. The van der Waals surface area contributed by atoms with E-state index in [-0.39, 0.29) is 5.83 Å². The second kappa shape index (κ2) is 5.35. The molecule has 0 heterocycles. The molecule has 0 spiro atoms.